The lowest BCUT2D eigenvalue weighted by atomic mass is 9.92. The summed E-state index contributed by atoms with van der Waals surface area (Å²) >= 11 is 5.99. The number of likely N-dealkylation sites (N-methyl/N-ethyl adjacent to an activating group) is 1. The van der Waals surface area contributed by atoms with Crippen molar-refractivity contribution >= 4 is 23.3 Å². The van der Waals surface area contributed by atoms with Crippen molar-refractivity contribution in [3.63, 3.8) is 0 Å². The quantitative estimate of drug-likeness (QED) is 0.898. The Morgan fingerprint density at radius 1 is 1.50 bits per heavy atom. The Morgan fingerprint density at radius 2 is 2.23 bits per heavy atom. The molecule has 1 fully saturated rings. The zero-order chi connectivity index (χ0) is 16.3. The van der Waals surface area contributed by atoms with Crippen molar-refractivity contribution in [2.24, 2.45) is 0 Å². The van der Waals surface area contributed by atoms with E-state index in [9.17, 15) is 9.90 Å². The van der Waals surface area contributed by atoms with Crippen LogP contribution in [0.5, 0.6) is 0 Å². The smallest absolute Gasteiger partial charge is 0.321 e. The second kappa shape index (κ2) is 6.86. The van der Waals surface area contributed by atoms with Crippen LogP contribution in [0.3, 0.4) is 0 Å². The van der Waals surface area contributed by atoms with Crippen LogP contribution in [-0.4, -0.2) is 60.3 Å². The van der Waals surface area contributed by atoms with E-state index < -0.39 is 5.60 Å². The molecule has 122 valence electrons. The molecule has 0 bridgehead atoms. The summed E-state index contributed by atoms with van der Waals surface area (Å²) in [7, 11) is 3.85. The Morgan fingerprint density at radius 3 is 2.86 bits per heavy atom. The number of rotatable bonds is 3. The zero-order valence-corrected chi connectivity index (χ0v) is 14.2. The normalized spacial score (nSPS) is 22.0. The minimum absolute atomic E-state index is 0.182. The van der Waals surface area contributed by atoms with Crippen LogP contribution in [0.2, 0.25) is 5.02 Å². The molecule has 2 amide bonds. The molecule has 0 spiro atoms. The number of hydrogen-bond acceptors (Lipinski definition) is 3. The predicted molar refractivity (Wildman–Crippen MR) is 89.5 cm³/mol. The number of aliphatic hydroxyl groups is 1. The number of carbonyl (C=O) groups is 1. The molecular formula is C16H24ClN3O2. The molecule has 0 aromatic heterocycles. The van der Waals surface area contributed by atoms with Gasteiger partial charge in [-0.2, -0.15) is 0 Å². The first-order valence-electron chi connectivity index (χ1n) is 7.48. The number of anilines is 1. The highest BCUT2D eigenvalue weighted by atomic mass is 35.5. The Hall–Kier alpha value is -1.30. The van der Waals surface area contributed by atoms with Crippen LogP contribution in [0.1, 0.15) is 18.4 Å². The van der Waals surface area contributed by atoms with Gasteiger partial charge in [-0.1, -0.05) is 11.6 Å². The third-order valence-electron chi connectivity index (χ3n) is 3.86. The molecule has 1 aromatic rings. The van der Waals surface area contributed by atoms with Gasteiger partial charge in [-0.05, 0) is 57.6 Å². The molecular weight excluding hydrogens is 302 g/mol. The van der Waals surface area contributed by atoms with Gasteiger partial charge in [0.2, 0.25) is 0 Å². The van der Waals surface area contributed by atoms with E-state index in [0.717, 1.165) is 18.4 Å². The topological polar surface area (TPSA) is 55.8 Å². The molecule has 2 rings (SSSR count). The second-order valence-corrected chi connectivity index (χ2v) is 6.79. The fourth-order valence-corrected chi connectivity index (χ4v) is 3.05. The van der Waals surface area contributed by atoms with Crippen LogP contribution in [0, 0.1) is 6.92 Å². The number of nitrogens with zero attached hydrogens (tertiary/aromatic N) is 2. The first kappa shape index (κ1) is 17.1. The number of aryl methyl sites for hydroxylation is 1. The fraction of sp³-hybridized carbons (Fsp3) is 0.562. The first-order chi connectivity index (χ1) is 10.3. The van der Waals surface area contributed by atoms with E-state index in [1.54, 1.807) is 17.0 Å². The highest BCUT2D eigenvalue weighted by molar-refractivity contribution is 6.31. The number of benzene rings is 1. The van der Waals surface area contributed by atoms with E-state index in [4.69, 9.17) is 11.6 Å². The third-order valence-corrected chi connectivity index (χ3v) is 4.29. The molecule has 1 aliphatic rings. The zero-order valence-electron chi connectivity index (χ0n) is 13.4. The number of likely N-dealkylation sites (tertiary alicyclic amines) is 1. The van der Waals surface area contributed by atoms with E-state index >= 15 is 0 Å². The number of hydrogen-bond donors (Lipinski definition) is 2. The maximum Gasteiger partial charge on any atom is 0.321 e. The van der Waals surface area contributed by atoms with Gasteiger partial charge in [-0.15, -0.1) is 0 Å². The Labute approximate surface area is 136 Å². The van der Waals surface area contributed by atoms with Crippen molar-refractivity contribution in [3.8, 4) is 0 Å². The molecule has 2 N–H and O–H groups in total. The highest BCUT2D eigenvalue weighted by Gasteiger charge is 2.35. The summed E-state index contributed by atoms with van der Waals surface area (Å²) in [6, 6.07) is 5.21. The molecule has 1 heterocycles. The fourth-order valence-electron chi connectivity index (χ4n) is 2.93. The lowest BCUT2D eigenvalue weighted by molar-refractivity contribution is -0.0333. The standard InChI is InChI=1S/C16H24ClN3O2/c1-12-9-13(5-6-14(12)17)18-15(21)20-8-4-7-16(22,11-20)10-19(2)3/h5-6,9,22H,4,7-8,10-11H2,1-3H3,(H,18,21). The lowest BCUT2D eigenvalue weighted by Gasteiger charge is -2.40. The number of urea groups is 1. The molecule has 0 aliphatic carbocycles. The van der Waals surface area contributed by atoms with E-state index in [-0.39, 0.29) is 6.03 Å². The molecule has 1 aromatic carbocycles. The number of piperidine rings is 1. The van der Waals surface area contributed by atoms with Crippen LogP contribution >= 0.6 is 11.6 Å². The molecule has 1 saturated heterocycles. The van der Waals surface area contributed by atoms with Gasteiger partial charge >= 0.3 is 6.03 Å². The van der Waals surface area contributed by atoms with E-state index in [1.807, 2.05) is 32.0 Å². The average molecular weight is 326 g/mol. The summed E-state index contributed by atoms with van der Waals surface area (Å²) in [5.41, 5.74) is 0.797. The molecule has 6 heteroatoms. The molecule has 1 aliphatic heterocycles. The maximum atomic E-state index is 12.4. The minimum Gasteiger partial charge on any atom is -0.387 e. The van der Waals surface area contributed by atoms with Crippen LogP contribution < -0.4 is 5.32 Å². The molecule has 0 saturated carbocycles. The van der Waals surface area contributed by atoms with Gasteiger partial charge in [0.05, 0.1) is 12.1 Å². The Balaban J connectivity index is 2.01. The monoisotopic (exact) mass is 325 g/mol. The lowest BCUT2D eigenvalue weighted by Crippen LogP contribution is -2.55. The van der Waals surface area contributed by atoms with Crippen molar-refractivity contribution in [1.82, 2.24) is 9.80 Å². The molecule has 0 radical (unpaired) electrons. The van der Waals surface area contributed by atoms with Gasteiger partial charge < -0.3 is 20.2 Å². The van der Waals surface area contributed by atoms with Crippen molar-refractivity contribution in [2.45, 2.75) is 25.4 Å². The number of amides is 2. The van der Waals surface area contributed by atoms with Crippen LogP contribution in [0.15, 0.2) is 18.2 Å². The second-order valence-electron chi connectivity index (χ2n) is 6.38. The summed E-state index contributed by atoms with van der Waals surface area (Å²) < 4.78 is 0. The SMILES string of the molecule is Cc1cc(NC(=O)N2CCCC(O)(CN(C)C)C2)ccc1Cl. The van der Waals surface area contributed by atoms with Gasteiger partial charge in [-0.25, -0.2) is 4.79 Å². The minimum atomic E-state index is -0.838. The van der Waals surface area contributed by atoms with E-state index in [0.29, 0.717) is 30.3 Å². The molecule has 22 heavy (non-hydrogen) atoms. The van der Waals surface area contributed by atoms with Gasteiger partial charge in [0, 0.05) is 23.8 Å². The summed E-state index contributed by atoms with van der Waals surface area (Å²) in [4.78, 5) is 16.0. The summed E-state index contributed by atoms with van der Waals surface area (Å²) in [5, 5.41) is 14.2. The van der Waals surface area contributed by atoms with Crippen LogP contribution in [-0.2, 0) is 0 Å². The first-order valence-corrected chi connectivity index (χ1v) is 7.86. The summed E-state index contributed by atoms with van der Waals surface area (Å²) in [6.45, 7) is 3.46. The predicted octanol–water partition coefficient (Wildman–Crippen LogP) is 2.57. The van der Waals surface area contributed by atoms with Crippen LogP contribution in [0.4, 0.5) is 10.5 Å². The van der Waals surface area contributed by atoms with Gasteiger partial charge in [0.1, 0.15) is 0 Å². The number of halogens is 1. The molecule has 1 unspecified atom stereocenters. The summed E-state index contributed by atoms with van der Waals surface area (Å²) in [6.07, 6.45) is 1.52. The number of carbonyl (C=O) groups excluding carboxylic acids is 1. The van der Waals surface area contributed by atoms with Crippen molar-refractivity contribution in [2.75, 3.05) is 39.0 Å². The largest absolute Gasteiger partial charge is 0.387 e. The third kappa shape index (κ3) is 4.35. The molecule has 5 nitrogen and oxygen atoms in total. The summed E-state index contributed by atoms with van der Waals surface area (Å²) in [5.74, 6) is 0. The molecule has 1 atom stereocenters. The number of β-amino-alcohol motifs (C(OH)–C–C–N with tert-alkyl or cyclic N) is 1. The van der Waals surface area contributed by atoms with Crippen LogP contribution in [0.25, 0.3) is 0 Å². The Bertz CT molecular complexity index is 550. The van der Waals surface area contributed by atoms with E-state index in [1.165, 1.54) is 0 Å². The van der Waals surface area contributed by atoms with Crippen molar-refractivity contribution in [1.29, 1.82) is 0 Å². The van der Waals surface area contributed by atoms with Gasteiger partial charge in [0.15, 0.2) is 0 Å². The van der Waals surface area contributed by atoms with E-state index in [2.05, 4.69) is 5.32 Å². The highest BCUT2D eigenvalue weighted by Crippen LogP contribution is 2.24. The Kier molecular flexibility index (Phi) is 5.32. The average Bonchev–Trinajstić information content (AvgIpc) is 2.41. The van der Waals surface area contributed by atoms with Crippen molar-refractivity contribution < 1.29 is 9.90 Å². The van der Waals surface area contributed by atoms with Gasteiger partial charge in [-0.3, -0.25) is 0 Å². The maximum absolute atomic E-state index is 12.4. The number of nitrogens with one attached hydrogen (secondary N) is 1. The van der Waals surface area contributed by atoms with Crippen molar-refractivity contribution in [3.05, 3.63) is 28.8 Å². The van der Waals surface area contributed by atoms with Gasteiger partial charge in [0.25, 0.3) is 0 Å².